The summed E-state index contributed by atoms with van der Waals surface area (Å²) in [5.41, 5.74) is 0. The highest BCUT2D eigenvalue weighted by Crippen LogP contribution is 2.28. The number of thiophene rings is 1. The van der Waals surface area contributed by atoms with E-state index in [1.54, 1.807) is 21.3 Å². The molecule has 1 unspecified atom stereocenters. The van der Waals surface area contributed by atoms with Crippen molar-refractivity contribution in [1.29, 1.82) is 0 Å². The van der Waals surface area contributed by atoms with Crippen LogP contribution in [0.25, 0.3) is 0 Å². The number of rotatable bonds is 5. The van der Waals surface area contributed by atoms with E-state index in [2.05, 4.69) is 5.32 Å². The van der Waals surface area contributed by atoms with Crippen molar-refractivity contribution in [2.45, 2.75) is 35.9 Å². The maximum Gasteiger partial charge on any atom is 0.252 e. The number of likely N-dealkylation sites (N-methyl/N-ethyl adjacent to an activating group) is 1. The third-order valence-corrected chi connectivity index (χ3v) is 8.05. The van der Waals surface area contributed by atoms with E-state index in [1.807, 2.05) is 7.05 Å². The molecular weight excluding hydrogens is 370 g/mol. The van der Waals surface area contributed by atoms with Gasteiger partial charge in [-0.15, -0.1) is 23.7 Å². The standard InChI is InChI=1S/C15H23N3O3S2.ClH/c1-17(12-6-7-16-11-12)14(19)10-13-4-5-15(22-13)23(20,21)18-8-2-3-9-18;/h4-5,12,16H,2-3,6-11H2,1H3;1H. The van der Waals surface area contributed by atoms with Gasteiger partial charge in [0.15, 0.2) is 0 Å². The number of halogens is 1. The lowest BCUT2D eigenvalue weighted by Crippen LogP contribution is -2.39. The Labute approximate surface area is 153 Å². The first-order valence-corrected chi connectivity index (χ1v) is 10.3. The van der Waals surface area contributed by atoms with Crippen molar-refractivity contribution in [3.05, 3.63) is 17.0 Å². The second kappa shape index (κ2) is 8.14. The Morgan fingerprint density at radius 1 is 1.38 bits per heavy atom. The number of sulfonamides is 1. The van der Waals surface area contributed by atoms with E-state index in [1.165, 1.54) is 11.3 Å². The third-order valence-electron chi connectivity index (χ3n) is 4.60. The summed E-state index contributed by atoms with van der Waals surface area (Å²) in [6.45, 7) is 2.98. The molecule has 24 heavy (non-hydrogen) atoms. The van der Waals surface area contributed by atoms with Crippen molar-refractivity contribution in [3.8, 4) is 0 Å². The average molecular weight is 394 g/mol. The maximum atomic E-state index is 12.5. The van der Waals surface area contributed by atoms with Crippen LogP contribution in [-0.4, -0.2) is 62.8 Å². The minimum absolute atomic E-state index is 0. The lowest BCUT2D eigenvalue weighted by atomic mass is 10.2. The fourth-order valence-electron chi connectivity index (χ4n) is 3.09. The number of nitrogens with one attached hydrogen (secondary N) is 1. The Balaban J connectivity index is 0.00000208. The minimum Gasteiger partial charge on any atom is -0.341 e. The van der Waals surface area contributed by atoms with Gasteiger partial charge in [-0.2, -0.15) is 4.31 Å². The molecule has 1 N–H and O–H groups in total. The van der Waals surface area contributed by atoms with Crippen LogP contribution >= 0.6 is 23.7 Å². The zero-order chi connectivity index (χ0) is 16.4. The zero-order valence-corrected chi connectivity index (χ0v) is 16.2. The average Bonchev–Trinajstić information content (AvgIpc) is 3.26. The highest BCUT2D eigenvalue weighted by Gasteiger charge is 2.29. The Kier molecular flexibility index (Phi) is 6.66. The van der Waals surface area contributed by atoms with Crippen molar-refractivity contribution in [2.75, 3.05) is 33.2 Å². The second-order valence-electron chi connectivity index (χ2n) is 6.16. The van der Waals surface area contributed by atoms with Gasteiger partial charge >= 0.3 is 0 Å². The molecule has 9 heteroatoms. The quantitative estimate of drug-likeness (QED) is 0.819. The van der Waals surface area contributed by atoms with E-state index in [0.29, 0.717) is 17.3 Å². The SMILES string of the molecule is CN(C(=O)Cc1ccc(S(=O)(=O)N2CCCC2)s1)C1CCNC1.Cl. The van der Waals surface area contributed by atoms with Crippen LogP contribution in [0.1, 0.15) is 24.1 Å². The number of carbonyl (C=O) groups excluding carboxylic acids is 1. The molecule has 0 aromatic carbocycles. The van der Waals surface area contributed by atoms with Crippen LogP contribution in [0.3, 0.4) is 0 Å². The van der Waals surface area contributed by atoms with Gasteiger partial charge in [0.05, 0.1) is 6.42 Å². The Bertz CT molecular complexity index is 665. The molecule has 0 radical (unpaired) electrons. The molecular formula is C15H24ClN3O3S2. The molecule has 2 aliphatic heterocycles. The third kappa shape index (κ3) is 4.11. The molecule has 136 valence electrons. The van der Waals surface area contributed by atoms with E-state index >= 15 is 0 Å². The smallest absolute Gasteiger partial charge is 0.252 e. The van der Waals surface area contributed by atoms with Crippen molar-refractivity contribution >= 4 is 39.7 Å². The monoisotopic (exact) mass is 393 g/mol. The van der Waals surface area contributed by atoms with E-state index in [-0.39, 0.29) is 30.8 Å². The molecule has 1 aromatic heterocycles. The Hall–Kier alpha value is -0.670. The lowest BCUT2D eigenvalue weighted by Gasteiger charge is -2.23. The van der Waals surface area contributed by atoms with Crippen LogP contribution < -0.4 is 5.32 Å². The van der Waals surface area contributed by atoms with Crippen molar-refractivity contribution < 1.29 is 13.2 Å². The fraction of sp³-hybridized carbons (Fsp3) is 0.667. The summed E-state index contributed by atoms with van der Waals surface area (Å²) >= 11 is 1.22. The van der Waals surface area contributed by atoms with Gasteiger partial charge in [-0.25, -0.2) is 8.42 Å². The van der Waals surface area contributed by atoms with Gasteiger partial charge in [0, 0.05) is 37.6 Å². The van der Waals surface area contributed by atoms with Gasteiger partial charge in [0.2, 0.25) is 5.91 Å². The van der Waals surface area contributed by atoms with Crippen molar-refractivity contribution in [3.63, 3.8) is 0 Å². The number of hydrogen-bond acceptors (Lipinski definition) is 5. The largest absolute Gasteiger partial charge is 0.341 e. The number of hydrogen-bond donors (Lipinski definition) is 1. The van der Waals surface area contributed by atoms with Gasteiger partial charge in [0.25, 0.3) is 10.0 Å². The van der Waals surface area contributed by atoms with E-state index in [9.17, 15) is 13.2 Å². The Morgan fingerprint density at radius 2 is 2.08 bits per heavy atom. The van der Waals surface area contributed by atoms with Crippen LogP contribution in [-0.2, 0) is 21.2 Å². The minimum atomic E-state index is -3.37. The molecule has 2 aliphatic rings. The lowest BCUT2D eigenvalue weighted by molar-refractivity contribution is -0.130. The molecule has 0 saturated carbocycles. The van der Waals surface area contributed by atoms with E-state index in [0.717, 1.165) is 37.2 Å². The molecule has 0 aliphatic carbocycles. The first-order valence-electron chi connectivity index (χ1n) is 8.04. The molecule has 1 atom stereocenters. The number of nitrogens with zero attached hydrogens (tertiary/aromatic N) is 2. The van der Waals surface area contributed by atoms with E-state index in [4.69, 9.17) is 0 Å². The fourth-order valence-corrected chi connectivity index (χ4v) is 6.11. The summed E-state index contributed by atoms with van der Waals surface area (Å²) < 4.78 is 26.9. The molecule has 6 nitrogen and oxygen atoms in total. The van der Waals surface area contributed by atoms with Crippen molar-refractivity contribution in [2.24, 2.45) is 0 Å². The van der Waals surface area contributed by atoms with Crippen LogP contribution in [0.15, 0.2) is 16.3 Å². The zero-order valence-electron chi connectivity index (χ0n) is 13.7. The normalized spacial score (nSPS) is 21.6. The van der Waals surface area contributed by atoms with Crippen LogP contribution in [0.2, 0.25) is 0 Å². The summed E-state index contributed by atoms with van der Waals surface area (Å²) in [5, 5.41) is 3.25. The van der Waals surface area contributed by atoms with Gasteiger partial charge < -0.3 is 10.2 Å². The first-order chi connectivity index (χ1) is 11.0. The van der Waals surface area contributed by atoms with Crippen LogP contribution in [0.4, 0.5) is 0 Å². The Morgan fingerprint density at radius 3 is 2.71 bits per heavy atom. The molecule has 1 amide bonds. The molecule has 0 spiro atoms. The maximum absolute atomic E-state index is 12.5. The van der Waals surface area contributed by atoms with Gasteiger partial charge in [0.1, 0.15) is 4.21 Å². The van der Waals surface area contributed by atoms with Gasteiger partial charge in [-0.3, -0.25) is 4.79 Å². The van der Waals surface area contributed by atoms with E-state index < -0.39 is 10.0 Å². The first kappa shape index (κ1) is 19.7. The molecule has 3 heterocycles. The van der Waals surface area contributed by atoms with Gasteiger partial charge in [-0.05, 0) is 37.9 Å². The molecule has 3 rings (SSSR count). The molecule has 0 bridgehead atoms. The highest BCUT2D eigenvalue weighted by molar-refractivity contribution is 7.91. The summed E-state index contributed by atoms with van der Waals surface area (Å²) in [4.78, 5) is 15.0. The summed E-state index contributed by atoms with van der Waals surface area (Å²) in [6, 6.07) is 3.65. The molecule has 2 fully saturated rings. The second-order valence-corrected chi connectivity index (χ2v) is 9.49. The van der Waals surface area contributed by atoms with Crippen molar-refractivity contribution in [1.82, 2.24) is 14.5 Å². The summed E-state index contributed by atoms with van der Waals surface area (Å²) in [5.74, 6) is 0.0469. The predicted octanol–water partition coefficient (Wildman–Crippen LogP) is 1.32. The van der Waals surface area contributed by atoms with Crippen LogP contribution in [0.5, 0.6) is 0 Å². The molecule has 1 aromatic rings. The predicted molar refractivity (Wildman–Crippen MR) is 97.3 cm³/mol. The van der Waals surface area contributed by atoms with Gasteiger partial charge in [-0.1, -0.05) is 0 Å². The summed E-state index contributed by atoms with van der Waals surface area (Å²) in [7, 11) is -1.54. The highest BCUT2D eigenvalue weighted by atomic mass is 35.5. The number of carbonyl (C=O) groups is 1. The number of amides is 1. The summed E-state index contributed by atoms with van der Waals surface area (Å²) in [6.07, 6.45) is 3.10. The topological polar surface area (TPSA) is 69.7 Å². The molecule has 2 saturated heterocycles. The van der Waals surface area contributed by atoms with Crippen LogP contribution in [0, 0.1) is 0 Å².